The molecule has 0 spiro atoms. The van der Waals surface area contributed by atoms with Crippen molar-refractivity contribution in [3.63, 3.8) is 0 Å². The summed E-state index contributed by atoms with van der Waals surface area (Å²) in [6.45, 7) is 7.25. The lowest BCUT2D eigenvalue weighted by atomic mass is 9.92. The minimum atomic E-state index is 0.505. The summed E-state index contributed by atoms with van der Waals surface area (Å²) < 4.78 is 0. The third-order valence-electron chi connectivity index (χ3n) is 5.95. The second-order valence-corrected chi connectivity index (χ2v) is 7.68. The van der Waals surface area contributed by atoms with Gasteiger partial charge in [0.15, 0.2) is 0 Å². The fraction of sp³-hybridized carbons (Fsp3) is 0.391. The Bertz CT molecular complexity index is 892. The number of aromatic amines is 1. The minimum Gasteiger partial charge on any atom is -0.361 e. The second-order valence-electron chi connectivity index (χ2n) is 7.68. The predicted molar refractivity (Wildman–Crippen MR) is 109 cm³/mol. The highest BCUT2D eigenvalue weighted by Gasteiger charge is 2.25. The monoisotopic (exact) mass is 347 g/mol. The fourth-order valence-electron chi connectivity index (χ4n) is 4.49. The molecular weight excluding hydrogens is 318 g/mol. The molecule has 3 nitrogen and oxygen atoms in total. The van der Waals surface area contributed by atoms with Gasteiger partial charge in [0.1, 0.15) is 0 Å². The summed E-state index contributed by atoms with van der Waals surface area (Å²) in [6, 6.07) is 14.0. The van der Waals surface area contributed by atoms with Crippen LogP contribution in [0.2, 0.25) is 0 Å². The second kappa shape index (κ2) is 7.26. The van der Waals surface area contributed by atoms with E-state index in [2.05, 4.69) is 66.3 Å². The van der Waals surface area contributed by atoms with Crippen LogP contribution in [0.25, 0.3) is 10.9 Å². The maximum atomic E-state index is 5.77. The predicted octanol–water partition coefficient (Wildman–Crippen LogP) is 4.97. The summed E-state index contributed by atoms with van der Waals surface area (Å²) in [4.78, 5) is 6.09. The first-order valence-electron chi connectivity index (χ1n) is 9.76. The fourth-order valence-corrected chi connectivity index (χ4v) is 4.49. The lowest BCUT2D eigenvalue weighted by Crippen LogP contribution is -2.33. The molecule has 1 atom stereocenters. The van der Waals surface area contributed by atoms with Gasteiger partial charge in [-0.05, 0) is 67.1 Å². The summed E-state index contributed by atoms with van der Waals surface area (Å²) in [5, 5.41) is 1.38. The van der Waals surface area contributed by atoms with Crippen molar-refractivity contribution >= 4 is 10.9 Å². The Kier molecular flexibility index (Phi) is 4.84. The number of fused-ring (bicyclic) bond motifs is 1. The van der Waals surface area contributed by atoms with Crippen LogP contribution in [-0.4, -0.2) is 16.4 Å². The molecule has 26 heavy (non-hydrogen) atoms. The molecule has 0 saturated carbocycles. The first-order chi connectivity index (χ1) is 12.7. The molecule has 2 heterocycles. The maximum Gasteiger partial charge on any atom is 0.0487 e. The molecule has 3 N–H and O–H groups in total. The molecule has 0 aliphatic carbocycles. The molecule has 0 bridgehead atoms. The Morgan fingerprint density at radius 2 is 1.88 bits per heavy atom. The smallest absolute Gasteiger partial charge is 0.0487 e. The van der Waals surface area contributed by atoms with Crippen molar-refractivity contribution in [2.45, 2.75) is 52.2 Å². The van der Waals surface area contributed by atoms with E-state index in [4.69, 9.17) is 5.73 Å². The third kappa shape index (κ3) is 3.17. The number of benzene rings is 2. The van der Waals surface area contributed by atoms with E-state index in [0.717, 1.165) is 6.54 Å². The van der Waals surface area contributed by atoms with E-state index in [1.807, 2.05) is 0 Å². The van der Waals surface area contributed by atoms with Crippen molar-refractivity contribution in [3.8, 4) is 0 Å². The van der Waals surface area contributed by atoms with Crippen molar-refractivity contribution in [3.05, 3.63) is 70.4 Å². The largest absolute Gasteiger partial charge is 0.361 e. The molecule has 3 aromatic rings. The average molecular weight is 348 g/mol. The lowest BCUT2D eigenvalue weighted by molar-refractivity contribution is 0.141. The SMILES string of the molecule is Cc1cc(C)c2[nH]ccc2c1CN1CCCC[C@@H]1c1ccc(CN)cc1. The summed E-state index contributed by atoms with van der Waals surface area (Å²) in [5.74, 6) is 0. The summed E-state index contributed by atoms with van der Waals surface area (Å²) in [7, 11) is 0. The van der Waals surface area contributed by atoms with Crippen LogP contribution in [0, 0.1) is 13.8 Å². The van der Waals surface area contributed by atoms with Crippen LogP contribution in [0.1, 0.15) is 53.1 Å². The van der Waals surface area contributed by atoms with E-state index < -0.39 is 0 Å². The van der Waals surface area contributed by atoms with Gasteiger partial charge in [0.25, 0.3) is 0 Å². The molecule has 1 fully saturated rings. The van der Waals surface area contributed by atoms with E-state index in [0.29, 0.717) is 12.6 Å². The molecule has 2 aromatic carbocycles. The van der Waals surface area contributed by atoms with E-state index in [-0.39, 0.29) is 0 Å². The molecule has 3 heteroatoms. The van der Waals surface area contributed by atoms with Crippen molar-refractivity contribution in [2.75, 3.05) is 6.54 Å². The van der Waals surface area contributed by atoms with Gasteiger partial charge in [-0.15, -0.1) is 0 Å². The molecule has 1 aromatic heterocycles. The highest BCUT2D eigenvalue weighted by Crippen LogP contribution is 2.34. The zero-order valence-electron chi connectivity index (χ0n) is 15.9. The number of piperidine rings is 1. The van der Waals surface area contributed by atoms with Crippen LogP contribution in [0.5, 0.6) is 0 Å². The van der Waals surface area contributed by atoms with Crippen molar-refractivity contribution in [2.24, 2.45) is 5.73 Å². The zero-order chi connectivity index (χ0) is 18.1. The van der Waals surface area contributed by atoms with Gasteiger partial charge in [-0.1, -0.05) is 36.8 Å². The Morgan fingerprint density at radius 1 is 1.08 bits per heavy atom. The number of nitrogens with zero attached hydrogens (tertiary/aromatic N) is 1. The van der Waals surface area contributed by atoms with Gasteiger partial charge < -0.3 is 10.7 Å². The van der Waals surface area contributed by atoms with Crippen LogP contribution >= 0.6 is 0 Å². The van der Waals surface area contributed by atoms with E-state index in [1.165, 1.54) is 64.5 Å². The molecule has 0 amide bonds. The van der Waals surface area contributed by atoms with Crippen LogP contribution < -0.4 is 5.73 Å². The van der Waals surface area contributed by atoms with Gasteiger partial charge >= 0.3 is 0 Å². The number of hydrogen-bond acceptors (Lipinski definition) is 2. The molecule has 0 radical (unpaired) electrons. The number of nitrogens with two attached hydrogens (primary N) is 1. The van der Waals surface area contributed by atoms with Crippen LogP contribution in [0.15, 0.2) is 42.6 Å². The topological polar surface area (TPSA) is 45.0 Å². The highest BCUT2D eigenvalue weighted by atomic mass is 15.2. The van der Waals surface area contributed by atoms with E-state index in [1.54, 1.807) is 0 Å². The Balaban J connectivity index is 1.66. The Hall–Kier alpha value is -2.10. The van der Waals surface area contributed by atoms with Gasteiger partial charge in [-0.2, -0.15) is 0 Å². The molecule has 1 saturated heterocycles. The number of rotatable bonds is 4. The molecule has 1 aliphatic rings. The first kappa shape index (κ1) is 17.3. The van der Waals surface area contributed by atoms with Gasteiger partial charge in [-0.25, -0.2) is 0 Å². The van der Waals surface area contributed by atoms with Gasteiger partial charge in [0.05, 0.1) is 0 Å². The lowest BCUT2D eigenvalue weighted by Gasteiger charge is -2.36. The van der Waals surface area contributed by atoms with Crippen LogP contribution in [0.4, 0.5) is 0 Å². The number of aryl methyl sites for hydroxylation is 2. The Labute approximate surface area is 156 Å². The number of nitrogens with one attached hydrogen (secondary N) is 1. The summed E-state index contributed by atoms with van der Waals surface area (Å²) >= 11 is 0. The number of likely N-dealkylation sites (tertiary alicyclic amines) is 1. The minimum absolute atomic E-state index is 0.505. The normalized spacial score (nSPS) is 18.5. The average Bonchev–Trinajstić information content (AvgIpc) is 3.16. The zero-order valence-corrected chi connectivity index (χ0v) is 15.9. The Morgan fingerprint density at radius 3 is 2.65 bits per heavy atom. The van der Waals surface area contributed by atoms with Gasteiger partial charge in [-0.3, -0.25) is 4.90 Å². The van der Waals surface area contributed by atoms with Crippen LogP contribution in [0.3, 0.4) is 0 Å². The van der Waals surface area contributed by atoms with Gasteiger partial charge in [0.2, 0.25) is 0 Å². The molecule has 1 aliphatic heterocycles. The van der Waals surface area contributed by atoms with Crippen molar-refractivity contribution in [1.29, 1.82) is 0 Å². The molecule has 4 rings (SSSR count). The molecular formula is C23H29N3. The van der Waals surface area contributed by atoms with Crippen molar-refractivity contribution in [1.82, 2.24) is 9.88 Å². The number of aromatic nitrogens is 1. The summed E-state index contributed by atoms with van der Waals surface area (Å²) in [6.07, 6.45) is 5.91. The van der Waals surface area contributed by atoms with Crippen molar-refractivity contribution < 1.29 is 0 Å². The highest BCUT2D eigenvalue weighted by molar-refractivity contribution is 5.86. The maximum absolute atomic E-state index is 5.77. The third-order valence-corrected chi connectivity index (χ3v) is 5.95. The number of H-pyrrole nitrogens is 1. The van der Waals surface area contributed by atoms with Crippen LogP contribution in [-0.2, 0) is 13.1 Å². The van der Waals surface area contributed by atoms with E-state index >= 15 is 0 Å². The number of hydrogen-bond donors (Lipinski definition) is 2. The molecule has 136 valence electrons. The van der Waals surface area contributed by atoms with E-state index in [9.17, 15) is 0 Å². The van der Waals surface area contributed by atoms with Gasteiger partial charge in [0, 0.05) is 36.2 Å². The summed E-state index contributed by atoms with van der Waals surface area (Å²) in [5.41, 5.74) is 13.9. The molecule has 0 unspecified atom stereocenters. The first-order valence-corrected chi connectivity index (χ1v) is 9.76. The standard InChI is InChI=1S/C23H29N3/c1-16-13-17(2)23-20(10-11-25-23)21(16)15-26-12-4-3-5-22(26)19-8-6-18(14-24)7-9-19/h6-11,13,22,25H,3-5,12,14-15,24H2,1-2H3/t22-/m1/s1. The quantitative estimate of drug-likeness (QED) is 0.700.